The summed E-state index contributed by atoms with van der Waals surface area (Å²) in [6.07, 6.45) is -48.1. The van der Waals surface area contributed by atoms with Crippen molar-refractivity contribution in [3.8, 4) is 0 Å². The Hall–Kier alpha value is -1.53. The van der Waals surface area contributed by atoms with Gasteiger partial charge in [-0.3, -0.25) is 4.79 Å². The van der Waals surface area contributed by atoms with Crippen molar-refractivity contribution in [2.45, 2.75) is 226 Å². The number of amides is 1. The van der Waals surface area contributed by atoms with E-state index in [1.165, 1.54) is 34.6 Å². The van der Waals surface area contributed by atoms with Crippen molar-refractivity contribution in [1.29, 1.82) is 0 Å². The molecule has 6 rings (SSSR count). The van der Waals surface area contributed by atoms with Crippen molar-refractivity contribution in [2.24, 2.45) is 0 Å². The Labute approximate surface area is 371 Å². The highest BCUT2D eigenvalue weighted by molar-refractivity contribution is 5.73. The first-order valence-corrected chi connectivity index (χ1v) is 21.4. The van der Waals surface area contributed by atoms with Gasteiger partial charge >= 0.3 is 0 Å². The number of nitrogens with one attached hydrogen (secondary N) is 1. The molecule has 15 N–H and O–H groups in total. The summed E-state index contributed by atoms with van der Waals surface area (Å²) in [6.45, 7) is 6.96. The lowest BCUT2D eigenvalue weighted by Gasteiger charge is -2.50. The maximum Gasteiger partial charge on any atom is 0.217 e. The van der Waals surface area contributed by atoms with Crippen LogP contribution in [0.25, 0.3) is 0 Å². The zero-order valence-corrected chi connectivity index (χ0v) is 36.2. The van der Waals surface area contributed by atoms with Crippen molar-refractivity contribution < 1.29 is 128 Å². The summed E-state index contributed by atoms with van der Waals surface area (Å²) in [7, 11) is 0. The number of rotatable bonds is 12. The molecule has 6 aliphatic heterocycles. The number of hydrogen-bond acceptors (Lipinski definition) is 26. The number of aliphatic hydroxyl groups excluding tert-OH is 14. The van der Waals surface area contributed by atoms with Gasteiger partial charge in [0.1, 0.15) is 116 Å². The fourth-order valence-electron chi connectivity index (χ4n) is 8.58. The van der Waals surface area contributed by atoms with Gasteiger partial charge in [-0.2, -0.15) is 0 Å². The molecule has 0 bridgehead atoms. The highest BCUT2D eigenvalue weighted by atomic mass is 16.8. The van der Waals surface area contributed by atoms with Gasteiger partial charge in [0.05, 0.1) is 37.1 Å². The predicted octanol–water partition coefficient (Wildman–Crippen LogP) is -8.82. The number of hydrogen-bond donors (Lipinski definition) is 15. The molecule has 6 saturated heterocycles. The summed E-state index contributed by atoms with van der Waals surface area (Å²) in [5.74, 6) is -0.778. The molecule has 27 heteroatoms. The zero-order chi connectivity index (χ0) is 48.1. The lowest BCUT2D eigenvalue weighted by Crippen LogP contribution is -2.70. The van der Waals surface area contributed by atoms with Crippen LogP contribution in [0.1, 0.15) is 41.5 Å². The first kappa shape index (κ1) is 52.8. The molecule has 0 aliphatic carbocycles. The average molecular weight is 952 g/mol. The maximum atomic E-state index is 12.7. The molecule has 0 aromatic carbocycles. The third-order valence-electron chi connectivity index (χ3n) is 12.6. The molecule has 27 nitrogen and oxygen atoms in total. The molecule has 0 aromatic rings. The van der Waals surface area contributed by atoms with E-state index < -0.39 is 197 Å². The summed E-state index contributed by atoms with van der Waals surface area (Å²) >= 11 is 0. The Morgan fingerprint density at radius 2 is 0.785 bits per heavy atom. The number of aliphatic hydroxyl groups is 14. The van der Waals surface area contributed by atoms with Crippen LogP contribution in [0.15, 0.2) is 0 Å². The minimum absolute atomic E-state index is 0.778. The molecule has 6 aliphatic rings. The van der Waals surface area contributed by atoms with E-state index in [4.69, 9.17) is 52.1 Å². The van der Waals surface area contributed by atoms with E-state index in [-0.39, 0.29) is 0 Å². The summed E-state index contributed by atoms with van der Waals surface area (Å²) < 4.78 is 63.7. The standard InChI is InChI=1S/C38H65NO26/c1-8-17(43)23(49)30(33(54)55-8)63-38-31(24(50)18(44)11(4)59-38)64-34-15(39-13(6)41)28(21(47)14(7-40)60-34)61-36-27(53)29(20(46)12(5)57-36)62-37-32(25(51)19(45)10(3)58-37)65-35-26(52)22(48)16(42)9(2)56-35/h8-12,14-38,40,42-54H,7H2,1-6H3,(H,39,41)/t8-,9-,10-,11-,12-,14+,15+,16-,17-,18-,19-,20-,21+,22+,23+,24+,25+,26+,27+,28+,29+,30+,31+,32+,33?,34-,35-,36-,37-,38-/m0/s1. The van der Waals surface area contributed by atoms with Crippen LogP contribution in [0, 0.1) is 0 Å². The van der Waals surface area contributed by atoms with Crippen LogP contribution in [0.4, 0.5) is 0 Å². The fraction of sp³-hybridized carbons (Fsp3) is 0.974. The minimum atomic E-state index is -2.05. The third-order valence-corrected chi connectivity index (χ3v) is 12.6. The summed E-state index contributed by atoms with van der Waals surface area (Å²) in [6, 6.07) is -1.65. The average Bonchev–Trinajstić information content (AvgIpc) is 3.25. The van der Waals surface area contributed by atoms with Crippen molar-refractivity contribution in [1.82, 2.24) is 5.32 Å². The van der Waals surface area contributed by atoms with E-state index in [0.29, 0.717) is 0 Å². The highest BCUT2D eigenvalue weighted by Gasteiger charge is 2.57. The molecule has 1 amide bonds. The summed E-state index contributed by atoms with van der Waals surface area (Å²) in [5, 5.41) is 154. The van der Waals surface area contributed by atoms with Crippen LogP contribution in [-0.4, -0.2) is 268 Å². The van der Waals surface area contributed by atoms with Crippen LogP contribution in [-0.2, 0) is 56.9 Å². The van der Waals surface area contributed by atoms with Crippen molar-refractivity contribution in [2.75, 3.05) is 6.61 Å². The van der Waals surface area contributed by atoms with Crippen LogP contribution in [0.5, 0.6) is 0 Å². The Bertz CT molecular complexity index is 1540. The Morgan fingerprint density at radius 3 is 1.29 bits per heavy atom. The van der Waals surface area contributed by atoms with Gasteiger partial charge in [-0.25, -0.2) is 0 Å². The van der Waals surface area contributed by atoms with E-state index in [1.807, 2.05) is 0 Å². The second-order valence-corrected chi connectivity index (χ2v) is 17.4. The van der Waals surface area contributed by atoms with Gasteiger partial charge in [0.25, 0.3) is 0 Å². The van der Waals surface area contributed by atoms with Gasteiger partial charge in [-0.1, -0.05) is 0 Å². The summed E-state index contributed by atoms with van der Waals surface area (Å²) in [4.78, 5) is 12.7. The smallest absolute Gasteiger partial charge is 0.217 e. The van der Waals surface area contributed by atoms with Crippen molar-refractivity contribution >= 4 is 5.91 Å². The number of ether oxygens (including phenoxy) is 11. The number of carbonyl (C=O) groups is 1. The highest BCUT2D eigenvalue weighted by Crippen LogP contribution is 2.37. The molecule has 0 aromatic heterocycles. The normalized spacial score (nSPS) is 54.5. The lowest BCUT2D eigenvalue weighted by atomic mass is 9.94. The molecular formula is C38H65NO26. The van der Waals surface area contributed by atoms with E-state index in [0.717, 1.165) is 6.92 Å². The molecule has 6 heterocycles. The van der Waals surface area contributed by atoms with Gasteiger partial charge in [-0.05, 0) is 34.6 Å². The molecule has 0 radical (unpaired) electrons. The molecule has 6 fully saturated rings. The van der Waals surface area contributed by atoms with Crippen LogP contribution >= 0.6 is 0 Å². The van der Waals surface area contributed by atoms with Gasteiger partial charge in [0, 0.05) is 6.92 Å². The lowest BCUT2D eigenvalue weighted by molar-refractivity contribution is -0.395. The zero-order valence-electron chi connectivity index (χ0n) is 36.2. The van der Waals surface area contributed by atoms with Crippen LogP contribution < -0.4 is 5.32 Å². The first-order chi connectivity index (χ1) is 30.5. The fourth-order valence-corrected chi connectivity index (χ4v) is 8.58. The van der Waals surface area contributed by atoms with Gasteiger partial charge in [0.2, 0.25) is 5.91 Å². The molecular weight excluding hydrogens is 886 g/mol. The number of carbonyl (C=O) groups excluding carboxylic acids is 1. The van der Waals surface area contributed by atoms with Crippen molar-refractivity contribution in [3.05, 3.63) is 0 Å². The molecule has 0 spiro atoms. The molecule has 378 valence electrons. The van der Waals surface area contributed by atoms with E-state index >= 15 is 0 Å². The van der Waals surface area contributed by atoms with Crippen molar-refractivity contribution in [3.63, 3.8) is 0 Å². The van der Waals surface area contributed by atoms with Gasteiger partial charge in [-0.15, -0.1) is 0 Å². The monoisotopic (exact) mass is 951 g/mol. The molecule has 65 heavy (non-hydrogen) atoms. The Morgan fingerprint density at radius 1 is 0.400 bits per heavy atom. The van der Waals surface area contributed by atoms with Gasteiger partial charge in [0.15, 0.2) is 37.7 Å². The molecule has 1 unspecified atom stereocenters. The second kappa shape index (κ2) is 21.6. The topological polar surface area (TPSA) is 414 Å². The quantitative estimate of drug-likeness (QED) is 0.0864. The van der Waals surface area contributed by atoms with E-state index in [9.17, 15) is 76.3 Å². The van der Waals surface area contributed by atoms with Crippen LogP contribution in [0.3, 0.4) is 0 Å². The SMILES string of the molecule is CC(=O)N[C@H]1[C@H](O[C@H]2[C@H](O[C@H]3C(O)O[C@@H](C)[C@H](O)[C@H]3O)O[C@@H](C)[C@H](O)[C@H]2O)O[C@H](CO)[C@@H](O)[C@@H]1O[C@@H]1O[C@@H](C)[C@H](O)[C@@H](O[C@@H]2O[C@@H](C)[C@H](O)[C@@H](O)[C@H]2O[C@@H]2O[C@@H](C)[C@H](O)[C@@H](O)[C@H]2O)[C@H]1O. The Balaban J connectivity index is 1.25. The van der Waals surface area contributed by atoms with E-state index in [2.05, 4.69) is 5.32 Å². The minimum Gasteiger partial charge on any atom is -0.394 e. The van der Waals surface area contributed by atoms with Gasteiger partial charge < -0.3 is 129 Å². The largest absolute Gasteiger partial charge is 0.394 e. The van der Waals surface area contributed by atoms with E-state index in [1.54, 1.807) is 0 Å². The predicted molar refractivity (Wildman–Crippen MR) is 204 cm³/mol. The summed E-state index contributed by atoms with van der Waals surface area (Å²) in [5.41, 5.74) is 0. The molecule has 0 saturated carbocycles. The second-order valence-electron chi connectivity index (χ2n) is 17.4. The third kappa shape index (κ3) is 10.9. The van der Waals surface area contributed by atoms with Crippen LogP contribution in [0.2, 0.25) is 0 Å². The first-order valence-electron chi connectivity index (χ1n) is 21.4. The molecule has 30 atom stereocenters. The maximum absolute atomic E-state index is 12.7. The Kier molecular flexibility index (Phi) is 17.6.